The molecule has 0 aliphatic carbocycles. The number of hydrogen-bond acceptors (Lipinski definition) is 1. The van der Waals surface area contributed by atoms with Crippen LogP contribution in [0.1, 0.15) is 43.9 Å². The third kappa shape index (κ3) is 3.78. The molecule has 0 aliphatic heterocycles. The second kappa shape index (κ2) is 7.10. The Labute approximate surface area is 94.0 Å². The van der Waals surface area contributed by atoms with Gasteiger partial charge < -0.3 is 5.73 Å². The van der Waals surface area contributed by atoms with Crippen LogP contribution < -0.4 is 5.73 Å². The maximum absolute atomic E-state index is 5.88. The number of nitrogen functional groups attached to an aromatic ring is 1. The van der Waals surface area contributed by atoms with E-state index >= 15 is 0 Å². The highest BCUT2D eigenvalue weighted by atomic mass is 14.6. The smallest absolute Gasteiger partial charge is 0.0390 e. The predicted octanol–water partition coefficient (Wildman–Crippen LogP) is 4.34. The summed E-state index contributed by atoms with van der Waals surface area (Å²) in [7, 11) is 0. The first-order valence-electron chi connectivity index (χ1n) is 5.69. The molecule has 0 aliphatic rings. The number of benzene rings is 1. The number of nitrogens with two attached hydrogens (primary N) is 1. The van der Waals surface area contributed by atoms with E-state index in [-0.39, 0.29) is 0 Å². The zero-order valence-electron chi connectivity index (χ0n) is 10.6. The highest BCUT2D eigenvalue weighted by Crippen LogP contribution is 2.21. The van der Waals surface area contributed by atoms with Gasteiger partial charge in [-0.3, -0.25) is 0 Å². The minimum Gasteiger partial charge on any atom is -0.398 e. The fraction of sp³-hybridized carbons (Fsp3) is 0.429. The Morgan fingerprint density at radius 1 is 1.20 bits per heavy atom. The zero-order chi connectivity index (χ0) is 11.8. The second-order valence-corrected chi connectivity index (χ2v) is 3.32. The maximum Gasteiger partial charge on any atom is 0.0390 e. The lowest BCUT2D eigenvalue weighted by atomic mass is 10.0. The van der Waals surface area contributed by atoms with E-state index in [1.807, 2.05) is 19.9 Å². The van der Waals surface area contributed by atoms with E-state index in [1.165, 1.54) is 16.7 Å². The Balaban J connectivity index is 0.000000921. The average molecular weight is 205 g/mol. The lowest BCUT2D eigenvalue weighted by Crippen LogP contribution is -1.94. The number of anilines is 1. The van der Waals surface area contributed by atoms with Crippen LogP contribution in [0.25, 0.3) is 6.08 Å². The quantitative estimate of drug-likeness (QED) is 0.714. The highest BCUT2D eigenvalue weighted by molar-refractivity contribution is 5.68. The molecule has 0 unspecified atom stereocenters. The van der Waals surface area contributed by atoms with Gasteiger partial charge in [-0.05, 0) is 37.5 Å². The van der Waals surface area contributed by atoms with E-state index in [1.54, 1.807) is 0 Å². The summed E-state index contributed by atoms with van der Waals surface area (Å²) in [5.41, 5.74) is 10.5. The van der Waals surface area contributed by atoms with E-state index < -0.39 is 0 Å². The third-order valence-corrected chi connectivity index (χ3v) is 2.34. The van der Waals surface area contributed by atoms with Crippen LogP contribution in [0.2, 0.25) is 0 Å². The SMILES string of the molecule is CC.CC/C=C\c1c(N)ccc(C)c1C. The van der Waals surface area contributed by atoms with Crippen molar-refractivity contribution >= 4 is 11.8 Å². The largest absolute Gasteiger partial charge is 0.398 e. The summed E-state index contributed by atoms with van der Waals surface area (Å²) in [5, 5.41) is 0. The Bertz CT molecular complexity index is 324. The van der Waals surface area contributed by atoms with Crippen molar-refractivity contribution in [3.05, 3.63) is 34.9 Å². The molecule has 2 N–H and O–H groups in total. The van der Waals surface area contributed by atoms with Gasteiger partial charge in [-0.25, -0.2) is 0 Å². The molecule has 0 saturated carbocycles. The van der Waals surface area contributed by atoms with Crippen LogP contribution in [0.5, 0.6) is 0 Å². The lowest BCUT2D eigenvalue weighted by Gasteiger charge is -2.07. The van der Waals surface area contributed by atoms with Crippen molar-refractivity contribution in [2.45, 2.75) is 41.0 Å². The van der Waals surface area contributed by atoms with Gasteiger partial charge >= 0.3 is 0 Å². The summed E-state index contributed by atoms with van der Waals surface area (Å²) in [5.74, 6) is 0. The molecule has 0 saturated heterocycles. The van der Waals surface area contributed by atoms with Gasteiger partial charge in [0.05, 0.1) is 0 Å². The van der Waals surface area contributed by atoms with Gasteiger partial charge in [-0.1, -0.05) is 39.0 Å². The van der Waals surface area contributed by atoms with Crippen LogP contribution >= 0.6 is 0 Å². The molecule has 0 fully saturated rings. The minimum absolute atomic E-state index is 0.868. The maximum atomic E-state index is 5.88. The predicted molar refractivity (Wildman–Crippen MR) is 71.0 cm³/mol. The summed E-state index contributed by atoms with van der Waals surface area (Å²) >= 11 is 0. The molecule has 1 aromatic rings. The van der Waals surface area contributed by atoms with Crippen molar-refractivity contribution in [3.8, 4) is 0 Å². The molecule has 1 nitrogen and oxygen atoms in total. The van der Waals surface area contributed by atoms with Crippen LogP contribution in [-0.4, -0.2) is 0 Å². The first-order chi connectivity index (χ1) is 7.16. The molecule has 1 rings (SSSR count). The fourth-order valence-electron chi connectivity index (χ4n) is 1.32. The van der Waals surface area contributed by atoms with Gasteiger partial charge in [-0.15, -0.1) is 0 Å². The summed E-state index contributed by atoms with van der Waals surface area (Å²) in [6.45, 7) is 10.3. The molecule has 84 valence electrons. The molecule has 0 bridgehead atoms. The number of rotatable bonds is 2. The Morgan fingerprint density at radius 2 is 1.80 bits per heavy atom. The molecule has 0 amide bonds. The molecule has 0 radical (unpaired) electrons. The Hall–Kier alpha value is -1.24. The molecular weight excluding hydrogens is 182 g/mol. The van der Waals surface area contributed by atoms with E-state index in [4.69, 9.17) is 5.73 Å². The molecule has 0 aromatic heterocycles. The van der Waals surface area contributed by atoms with Crippen LogP contribution in [0.4, 0.5) is 5.69 Å². The van der Waals surface area contributed by atoms with Gasteiger partial charge in [0.1, 0.15) is 0 Å². The molecule has 0 spiro atoms. The molecule has 0 heterocycles. The van der Waals surface area contributed by atoms with Crippen LogP contribution in [-0.2, 0) is 0 Å². The molecule has 1 aromatic carbocycles. The number of hydrogen-bond donors (Lipinski definition) is 1. The number of allylic oxidation sites excluding steroid dienone is 1. The Kier molecular flexibility index (Phi) is 6.52. The van der Waals surface area contributed by atoms with Crippen LogP contribution in [0.3, 0.4) is 0 Å². The minimum atomic E-state index is 0.868. The number of aryl methyl sites for hydroxylation is 1. The van der Waals surface area contributed by atoms with Crippen LogP contribution in [0, 0.1) is 13.8 Å². The molecule has 0 atom stereocenters. The zero-order valence-corrected chi connectivity index (χ0v) is 10.6. The van der Waals surface area contributed by atoms with Crippen molar-refractivity contribution in [2.24, 2.45) is 0 Å². The molecular formula is C14H23N. The normalized spacial score (nSPS) is 9.93. The summed E-state index contributed by atoms with van der Waals surface area (Å²) < 4.78 is 0. The first kappa shape index (κ1) is 13.8. The van der Waals surface area contributed by atoms with Crippen molar-refractivity contribution < 1.29 is 0 Å². The van der Waals surface area contributed by atoms with E-state index in [0.29, 0.717) is 0 Å². The van der Waals surface area contributed by atoms with E-state index in [2.05, 4.69) is 39.0 Å². The highest BCUT2D eigenvalue weighted by Gasteiger charge is 2.01. The average Bonchev–Trinajstić information content (AvgIpc) is 2.27. The van der Waals surface area contributed by atoms with E-state index in [9.17, 15) is 0 Å². The summed E-state index contributed by atoms with van der Waals surface area (Å²) in [6, 6.07) is 4.03. The molecule has 1 heteroatoms. The standard InChI is InChI=1S/C12H17N.C2H6/c1-4-5-6-11-10(3)9(2)7-8-12(11)13;1-2/h5-8H,4,13H2,1-3H3;1-2H3/b6-5-;. The van der Waals surface area contributed by atoms with Crippen molar-refractivity contribution in [1.82, 2.24) is 0 Å². The second-order valence-electron chi connectivity index (χ2n) is 3.32. The first-order valence-corrected chi connectivity index (χ1v) is 5.69. The Morgan fingerprint density at radius 3 is 2.33 bits per heavy atom. The van der Waals surface area contributed by atoms with Gasteiger partial charge in [0.2, 0.25) is 0 Å². The van der Waals surface area contributed by atoms with Crippen molar-refractivity contribution in [1.29, 1.82) is 0 Å². The van der Waals surface area contributed by atoms with Gasteiger partial charge in [0.15, 0.2) is 0 Å². The van der Waals surface area contributed by atoms with Crippen molar-refractivity contribution in [3.63, 3.8) is 0 Å². The monoisotopic (exact) mass is 205 g/mol. The van der Waals surface area contributed by atoms with Crippen molar-refractivity contribution in [2.75, 3.05) is 5.73 Å². The summed E-state index contributed by atoms with van der Waals surface area (Å²) in [4.78, 5) is 0. The van der Waals surface area contributed by atoms with Crippen LogP contribution in [0.15, 0.2) is 18.2 Å². The van der Waals surface area contributed by atoms with Gasteiger partial charge in [-0.2, -0.15) is 0 Å². The van der Waals surface area contributed by atoms with E-state index in [0.717, 1.165) is 12.1 Å². The third-order valence-electron chi connectivity index (χ3n) is 2.34. The van der Waals surface area contributed by atoms with Gasteiger partial charge in [0, 0.05) is 11.3 Å². The fourth-order valence-corrected chi connectivity index (χ4v) is 1.32. The summed E-state index contributed by atoms with van der Waals surface area (Å²) in [6.07, 6.45) is 5.29. The molecule has 15 heavy (non-hydrogen) atoms. The lowest BCUT2D eigenvalue weighted by molar-refractivity contribution is 1.23. The topological polar surface area (TPSA) is 26.0 Å². The van der Waals surface area contributed by atoms with Gasteiger partial charge in [0.25, 0.3) is 0 Å².